The Morgan fingerprint density at radius 2 is 2.10 bits per heavy atom. The van der Waals surface area contributed by atoms with Gasteiger partial charge in [-0.2, -0.15) is 0 Å². The summed E-state index contributed by atoms with van der Waals surface area (Å²) in [7, 11) is -0.0100. The van der Waals surface area contributed by atoms with Crippen LogP contribution in [0.4, 0.5) is 0 Å². The van der Waals surface area contributed by atoms with Crippen LogP contribution >= 0.6 is 0 Å². The van der Waals surface area contributed by atoms with E-state index < -0.39 is 10.0 Å². The third kappa shape index (κ3) is 3.63. The van der Waals surface area contributed by atoms with Gasteiger partial charge in [-0.3, -0.25) is 0 Å². The van der Waals surface area contributed by atoms with Crippen molar-refractivity contribution in [3.05, 3.63) is 29.8 Å². The minimum atomic E-state index is -3.50. The quantitative estimate of drug-likeness (QED) is 0.806. The molecular formula is C15H24N2O3S. The van der Waals surface area contributed by atoms with E-state index in [1.165, 1.54) is 0 Å². The molecule has 1 aromatic rings. The molecule has 6 heteroatoms. The minimum absolute atomic E-state index is 0.108. The highest BCUT2D eigenvalue weighted by molar-refractivity contribution is 7.89. The van der Waals surface area contributed by atoms with E-state index in [2.05, 4.69) is 10.0 Å². The van der Waals surface area contributed by atoms with Crippen LogP contribution in [-0.4, -0.2) is 34.7 Å². The van der Waals surface area contributed by atoms with Crippen molar-refractivity contribution >= 4 is 10.0 Å². The highest BCUT2D eigenvalue weighted by Gasteiger charge is 2.38. The van der Waals surface area contributed by atoms with Gasteiger partial charge in [0.2, 0.25) is 10.0 Å². The van der Waals surface area contributed by atoms with Crippen LogP contribution in [0.1, 0.15) is 37.8 Å². The van der Waals surface area contributed by atoms with Gasteiger partial charge in [-0.25, -0.2) is 13.1 Å². The van der Waals surface area contributed by atoms with Gasteiger partial charge in [0.15, 0.2) is 0 Å². The molecule has 21 heavy (non-hydrogen) atoms. The third-order valence-electron chi connectivity index (χ3n) is 4.38. The molecule has 2 N–H and O–H groups in total. The standard InChI is InChI=1S/C15H24N2O3S/c1-12(16-2)13-6-4-7-14(10-13)21(18,19)17-11-15(20-3)8-5-9-15/h4,6-7,10,12,16-17H,5,8-9,11H2,1-3H3. The number of ether oxygens (including phenoxy) is 1. The second-order valence-corrected chi connectivity index (χ2v) is 7.42. The van der Waals surface area contributed by atoms with Gasteiger partial charge in [0.05, 0.1) is 10.5 Å². The van der Waals surface area contributed by atoms with Crippen LogP contribution < -0.4 is 10.0 Å². The Kier molecular flexibility index (Phi) is 5.03. The van der Waals surface area contributed by atoms with E-state index in [0.717, 1.165) is 24.8 Å². The van der Waals surface area contributed by atoms with Gasteiger partial charge in [0, 0.05) is 19.7 Å². The molecule has 2 rings (SSSR count). The van der Waals surface area contributed by atoms with Crippen molar-refractivity contribution in [2.24, 2.45) is 0 Å². The van der Waals surface area contributed by atoms with Crippen LogP contribution in [0.15, 0.2) is 29.2 Å². The van der Waals surface area contributed by atoms with Crippen molar-refractivity contribution in [2.75, 3.05) is 20.7 Å². The monoisotopic (exact) mass is 312 g/mol. The molecule has 1 unspecified atom stereocenters. The first kappa shape index (κ1) is 16.4. The minimum Gasteiger partial charge on any atom is -0.377 e. The Labute approximate surface area is 127 Å². The number of rotatable bonds is 7. The van der Waals surface area contributed by atoms with Crippen molar-refractivity contribution in [1.29, 1.82) is 0 Å². The lowest BCUT2D eigenvalue weighted by atomic mass is 9.80. The molecule has 118 valence electrons. The van der Waals surface area contributed by atoms with Crippen LogP contribution in [0.2, 0.25) is 0 Å². The predicted octanol–water partition coefficient (Wildman–Crippen LogP) is 1.81. The molecule has 0 bridgehead atoms. The molecule has 0 spiro atoms. The first-order chi connectivity index (χ1) is 9.92. The Hall–Kier alpha value is -0.950. The maximum Gasteiger partial charge on any atom is 0.240 e. The molecule has 0 amide bonds. The van der Waals surface area contributed by atoms with Crippen LogP contribution in [0.5, 0.6) is 0 Å². The summed E-state index contributed by atoms with van der Waals surface area (Å²) in [6, 6.07) is 7.13. The molecule has 1 aliphatic carbocycles. The second-order valence-electron chi connectivity index (χ2n) is 5.65. The summed E-state index contributed by atoms with van der Waals surface area (Å²) in [5.74, 6) is 0. The SMILES string of the molecule is CNC(C)c1cccc(S(=O)(=O)NCC2(OC)CCC2)c1. The molecule has 0 saturated heterocycles. The predicted molar refractivity (Wildman–Crippen MR) is 82.7 cm³/mol. The Morgan fingerprint density at radius 3 is 2.62 bits per heavy atom. The highest BCUT2D eigenvalue weighted by Crippen LogP contribution is 2.34. The van der Waals surface area contributed by atoms with E-state index in [0.29, 0.717) is 11.4 Å². The summed E-state index contributed by atoms with van der Waals surface area (Å²) in [5.41, 5.74) is 0.633. The van der Waals surface area contributed by atoms with Gasteiger partial charge in [0.1, 0.15) is 0 Å². The molecule has 0 radical (unpaired) electrons. The summed E-state index contributed by atoms with van der Waals surface area (Å²) in [6.45, 7) is 2.32. The summed E-state index contributed by atoms with van der Waals surface area (Å²) >= 11 is 0. The fourth-order valence-corrected chi connectivity index (χ4v) is 3.62. The van der Waals surface area contributed by atoms with Crippen LogP contribution in [0.3, 0.4) is 0 Å². The van der Waals surface area contributed by atoms with E-state index in [-0.39, 0.29) is 11.6 Å². The molecule has 0 aliphatic heterocycles. The third-order valence-corrected chi connectivity index (χ3v) is 5.78. The number of hydrogen-bond donors (Lipinski definition) is 2. The Bertz CT molecular complexity index is 577. The average molecular weight is 312 g/mol. The van der Waals surface area contributed by atoms with Gasteiger partial charge in [-0.1, -0.05) is 12.1 Å². The molecule has 1 aliphatic rings. The molecule has 0 aromatic heterocycles. The Balaban J connectivity index is 2.12. The van der Waals surface area contributed by atoms with E-state index in [1.807, 2.05) is 20.0 Å². The number of hydrogen-bond acceptors (Lipinski definition) is 4. The summed E-state index contributed by atoms with van der Waals surface area (Å²) in [4.78, 5) is 0.299. The second kappa shape index (κ2) is 6.44. The smallest absolute Gasteiger partial charge is 0.240 e. The van der Waals surface area contributed by atoms with Gasteiger partial charge in [-0.05, 0) is 50.9 Å². The number of sulfonamides is 1. The zero-order valence-corrected chi connectivity index (χ0v) is 13.7. The zero-order chi connectivity index (χ0) is 15.5. The fourth-order valence-electron chi connectivity index (χ4n) is 2.45. The lowest BCUT2D eigenvalue weighted by Gasteiger charge is -2.40. The zero-order valence-electron chi connectivity index (χ0n) is 12.8. The molecule has 1 fully saturated rings. The van der Waals surface area contributed by atoms with Gasteiger partial charge < -0.3 is 10.1 Å². The van der Waals surface area contributed by atoms with E-state index >= 15 is 0 Å². The van der Waals surface area contributed by atoms with Crippen LogP contribution in [0.25, 0.3) is 0 Å². The van der Waals surface area contributed by atoms with Crippen LogP contribution in [-0.2, 0) is 14.8 Å². The topological polar surface area (TPSA) is 67.4 Å². The number of methoxy groups -OCH3 is 1. The fraction of sp³-hybridized carbons (Fsp3) is 0.600. The normalized spacial score (nSPS) is 19.0. The van der Waals surface area contributed by atoms with Gasteiger partial charge >= 0.3 is 0 Å². The van der Waals surface area contributed by atoms with Crippen molar-refractivity contribution in [2.45, 2.75) is 42.7 Å². The highest BCUT2D eigenvalue weighted by atomic mass is 32.2. The van der Waals surface area contributed by atoms with Crippen molar-refractivity contribution < 1.29 is 13.2 Å². The molecule has 1 atom stereocenters. The maximum absolute atomic E-state index is 12.4. The van der Waals surface area contributed by atoms with E-state index in [1.54, 1.807) is 25.3 Å². The summed E-state index contributed by atoms with van der Waals surface area (Å²) in [6.07, 6.45) is 2.90. The van der Waals surface area contributed by atoms with Crippen molar-refractivity contribution in [1.82, 2.24) is 10.0 Å². The van der Waals surface area contributed by atoms with Gasteiger partial charge in [0.25, 0.3) is 0 Å². The average Bonchev–Trinajstić information content (AvgIpc) is 2.46. The largest absolute Gasteiger partial charge is 0.377 e. The maximum atomic E-state index is 12.4. The van der Waals surface area contributed by atoms with Crippen molar-refractivity contribution in [3.8, 4) is 0 Å². The lowest BCUT2D eigenvalue weighted by molar-refractivity contribution is -0.0659. The molecular weight excluding hydrogens is 288 g/mol. The van der Waals surface area contributed by atoms with E-state index in [9.17, 15) is 8.42 Å². The number of nitrogens with one attached hydrogen (secondary N) is 2. The molecule has 5 nitrogen and oxygen atoms in total. The first-order valence-electron chi connectivity index (χ1n) is 7.24. The number of benzene rings is 1. The molecule has 1 saturated carbocycles. The lowest BCUT2D eigenvalue weighted by Crippen LogP contribution is -2.49. The Morgan fingerprint density at radius 1 is 1.38 bits per heavy atom. The molecule has 1 aromatic carbocycles. The van der Waals surface area contributed by atoms with E-state index in [4.69, 9.17) is 4.74 Å². The van der Waals surface area contributed by atoms with Crippen LogP contribution in [0, 0.1) is 0 Å². The first-order valence-corrected chi connectivity index (χ1v) is 8.73. The summed E-state index contributed by atoms with van der Waals surface area (Å²) in [5, 5.41) is 3.11. The van der Waals surface area contributed by atoms with Gasteiger partial charge in [-0.15, -0.1) is 0 Å². The summed E-state index contributed by atoms with van der Waals surface area (Å²) < 4.78 is 32.9. The molecule has 0 heterocycles. The van der Waals surface area contributed by atoms with Crippen molar-refractivity contribution in [3.63, 3.8) is 0 Å².